The van der Waals surface area contributed by atoms with Crippen LogP contribution in [0, 0.1) is 5.82 Å². The number of piperidine rings is 1. The minimum absolute atomic E-state index is 0.129. The summed E-state index contributed by atoms with van der Waals surface area (Å²) in [6, 6.07) is 12.7. The van der Waals surface area contributed by atoms with Gasteiger partial charge in [0.05, 0.1) is 23.3 Å². The molecule has 7 heteroatoms. The highest BCUT2D eigenvalue weighted by atomic mass is 35.5. The third-order valence-electron chi connectivity index (χ3n) is 5.45. The minimum atomic E-state index is -0.343. The Kier molecular flexibility index (Phi) is 6.11. The molecule has 0 radical (unpaired) electrons. The van der Waals surface area contributed by atoms with E-state index < -0.39 is 0 Å². The van der Waals surface area contributed by atoms with E-state index >= 15 is 0 Å². The minimum Gasteiger partial charge on any atom is -0.339 e. The first-order chi connectivity index (χ1) is 14.0. The Morgan fingerprint density at radius 2 is 2.07 bits per heavy atom. The molecule has 4 nitrogen and oxygen atoms in total. The average Bonchev–Trinajstić information content (AvgIpc) is 3.07. The number of carbonyl (C=O) groups is 1. The van der Waals surface area contributed by atoms with E-state index in [1.807, 2.05) is 33.7 Å². The third-order valence-corrected chi connectivity index (χ3v) is 6.76. The molecule has 3 aromatic rings. The van der Waals surface area contributed by atoms with Crippen LogP contribution < -0.4 is 0 Å². The Morgan fingerprint density at radius 3 is 2.86 bits per heavy atom. The Balaban J connectivity index is 1.61. The largest absolute Gasteiger partial charge is 0.339 e. The molecule has 0 N–H and O–H groups in total. The fourth-order valence-electron chi connectivity index (χ4n) is 3.84. The van der Waals surface area contributed by atoms with Crippen molar-refractivity contribution < 1.29 is 9.18 Å². The summed E-state index contributed by atoms with van der Waals surface area (Å²) in [4.78, 5) is 19.4. The third kappa shape index (κ3) is 4.28. The van der Waals surface area contributed by atoms with E-state index in [1.54, 1.807) is 12.1 Å². The van der Waals surface area contributed by atoms with Crippen molar-refractivity contribution in [3.63, 3.8) is 0 Å². The van der Waals surface area contributed by atoms with E-state index in [2.05, 4.69) is 6.92 Å². The van der Waals surface area contributed by atoms with Crippen LogP contribution in [0.4, 0.5) is 4.39 Å². The molecule has 1 fully saturated rings. The van der Waals surface area contributed by atoms with Crippen molar-refractivity contribution in [1.82, 2.24) is 14.5 Å². The van der Waals surface area contributed by atoms with E-state index in [0.717, 1.165) is 30.4 Å². The lowest BCUT2D eigenvalue weighted by molar-refractivity contribution is -0.131. The predicted molar refractivity (Wildman–Crippen MR) is 116 cm³/mol. The maximum absolute atomic E-state index is 14.4. The van der Waals surface area contributed by atoms with Gasteiger partial charge in [-0.15, -0.1) is 0 Å². The van der Waals surface area contributed by atoms with E-state index in [9.17, 15) is 9.18 Å². The summed E-state index contributed by atoms with van der Waals surface area (Å²) in [6.45, 7) is 3.20. The second-order valence-electron chi connectivity index (χ2n) is 7.39. The van der Waals surface area contributed by atoms with E-state index in [-0.39, 0.29) is 24.3 Å². The van der Waals surface area contributed by atoms with Gasteiger partial charge in [0.2, 0.25) is 5.91 Å². The number of rotatable bonds is 5. The Morgan fingerprint density at radius 1 is 1.24 bits per heavy atom. The van der Waals surface area contributed by atoms with Crippen molar-refractivity contribution in [2.75, 3.05) is 12.3 Å². The van der Waals surface area contributed by atoms with Gasteiger partial charge in [-0.2, -0.15) is 0 Å². The van der Waals surface area contributed by atoms with E-state index in [4.69, 9.17) is 16.6 Å². The molecule has 152 valence electrons. The van der Waals surface area contributed by atoms with E-state index in [1.165, 1.54) is 24.2 Å². The van der Waals surface area contributed by atoms with Gasteiger partial charge in [0, 0.05) is 23.2 Å². The van der Waals surface area contributed by atoms with Crippen LogP contribution in [0.15, 0.2) is 47.6 Å². The van der Waals surface area contributed by atoms with Crippen molar-refractivity contribution in [3.8, 4) is 0 Å². The second kappa shape index (κ2) is 8.76. The van der Waals surface area contributed by atoms with Gasteiger partial charge in [-0.1, -0.05) is 41.6 Å². The number of fused-ring (bicyclic) bond motifs is 1. The molecule has 0 bridgehead atoms. The van der Waals surface area contributed by atoms with Gasteiger partial charge < -0.3 is 9.47 Å². The quantitative estimate of drug-likeness (QED) is 0.509. The number of hydrogen-bond donors (Lipinski definition) is 0. The summed E-state index contributed by atoms with van der Waals surface area (Å²) in [7, 11) is 0. The average molecular weight is 432 g/mol. The first-order valence-electron chi connectivity index (χ1n) is 9.85. The number of hydrogen-bond acceptors (Lipinski definition) is 3. The summed E-state index contributed by atoms with van der Waals surface area (Å²) in [6.07, 6.45) is 3.29. The van der Waals surface area contributed by atoms with Gasteiger partial charge in [-0.25, -0.2) is 9.37 Å². The number of amides is 1. The molecule has 1 aliphatic heterocycles. The number of likely N-dealkylation sites (tertiary alicyclic amines) is 1. The van der Waals surface area contributed by atoms with Crippen LogP contribution in [-0.2, 0) is 11.3 Å². The maximum Gasteiger partial charge on any atom is 0.233 e. The Hall–Kier alpha value is -2.05. The smallest absolute Gasteiger partial charge is 0.233 e. The first kappa shape index (κ1) is 20.2. The van der Waals surface area contributed by atoms with Crippen molar-refractivity contribution in [2.24, 2.45) is 0 Å². The van der Waals surface area contributed by atoms with Gasteiger partial charge in [0.15, 0.2) is 5.16 Å². The van der Waals surface area contributed by atoms with Crippen LogP contribution in [0.1, 0.15) is 31.7 Å². The van der Waals surface area contributed by atoms with Gasteiger partial charge >= 0.3 is 0 Å². The molecule has 4 rings (SSSR count). The predicted octanol–water partition coefficient (Wildman–Crippen LogP) is 5.37. The number of nitrogens with zero attached hydrogens (tertiary/aromatic N) is 3. The molecular formula is C22H23ClFN3OS. The van der Waals surface area contributed by atoms with Gasteiger partial charge in [0.25, 0.3) is 0 Å². The molecule has 0 unspecified atom stereocenters. The lowest BCUT2D eigenvalue weighted by Crippen LogP contribution is -2.43. The number of halogens is 2. The van der Waals surface area contributed by atoms with Crippen LogP contribution in [0.25, 0.3) is 11.0 Å². The topological polar surface area (TPSA) is 38.1 Å². The van der Waals surface area contributed by atoms with Crippen LogP contribution in [-0.4, -0.2) is 38.7 Å². The van der Waals surface area contributed by atoms with Crippen LogP contribution in [0.3, 0.4) is 0 Å². The molecule has 29 heavy (non-hydrogen) atoms. The number of imidazole rings is 1. The highest BCUT2D eigenvalue weighted by molar-refractivity contribution is 7.99. The number of benzene rings is 2. The lowest BCUT2D eigenvalue weighted by atomic mass is 10.0. The van der Waals surface area contributed by atoms with Crippen molar-refractivity contribution in [2.45, 2.75) is 43.9 Å². The standard InChI is InChI=1S/C22H23ClFN3OS/c1-15-7-4-5-12-26(15)21(28)14-29-22-25-19-10-2-3-11-20(19)27(22)13-16-17(23)8-6-9-18(16)24/h2-3,6,8-11,15H,4-5,7,12-14H2,1H3/t15-/m1/s1. The number of carbonyl (C=O) groups excluding carboxylic acids is 1. The van der Waals surface area contributed by atoms with Gasteiger partial charge in [0.1, 0.15) is 5.82 Å². The van der Waals surface area contributed by atoms with Crippen molar-refractivity contribution >= 4 is 40.3 Å². The zero-order valence-corrected chi connectivity index (χ0v) is 17.8. The molecule has 1 atom stereocenters. The summed E-state index contributed by atoms with van der Waals surface area (Å²) in [5.41, 5.74) is 2.14. The van der Waals surface area contributed by atoms with Crippen molar-refractivity contribution in [3.05, 3.63) is 58.9 Å². The van der Waals surface area contributed by atoms with E-state index in [0.29, 0.717) is 21.5 Å². The highest BCUT2D eigenvalue weighted by Crippen LogP contribution is 2.29. The number of thioether (sulfide) groups is 1. The van der Waals surface area contributed by atoms with Crippen LogP contribution >= 0.6 is 23.4 Å². The maximum atomic E-state index is 14.4. The molecular weight excluding hydrogens is 409 g/mol. The second-order valence-corrected chi connectivity index (χ2v) is 8.74. The molecule has 0 aliphatic carbocycles. The number of para-hydroxylation sites is 2. The lowest BCUT2D eigenvalue weighted by Gasteiger charge is -2.33. The molecule has 2 heterocycles. The zero-order chi connectivity index (χ0) is 20.4. The molecule has 1 saturated heterocycles. The fraction of sp³-hybridized carbons (Fsp3) is 0.364. The first-order valence-corrected chi connectivity index (χ1v) is 11.2. The van der Waals surface area contributed by atoms with Crippen LogP contribution in [0.2, 0.25) is 5.02 Å². The molecule has 1 aliphatic rings. The van der Waals surface area contributed by atoms with Gasteiger partial charge in [-0.3, -0.25) is 4.79 Å². The summed E-state index contributed by atoms with van der Waals surface area (Å²) in [5, 5.41) is 1.08. The molecule has 0 spiro atoms. The summed E-state index contributed by atoms with van der Waals surface area (Å²) < 4.78 is 16.3. The molecule has 1 aromatic heterocycles. The Bertz CT molecular complexity index is 1020. The zero-order valence-electron chi connectivity index (χ0n) is 16.3. The monoisotopic (exact) mass is 431 g/mol. The Labute approximate surface area is 179 Å². The van der Waals surface area contributed by atoms with Crippen LogP contribution in [0.5, 0.6) is 0 Å². The van der Waals surface area contributed by atoms with Crippen molar-refractivity contribution in [1.29, 1.82) is 0 Å². The number of aromatic nitrogens is 2. The summed E-state index contributed by atoms with van der Waals surface area (Å²) in [5.74, 6) is 0.104. The molecule has 0 saturated carbocycles. The molecule has 2 aromatic carbocycles. The highest BCUT2D eigenvalue weighted by Gasteiger charge is 2.24. The van der Waals surface area contributed by atoms with Gasteiger partial charge in [-0.05, 0) is 50.5 Å². The normalized spacial score (nSPS) is 17.1. The molecule has 1 amide bonds. The summed E-state index contributed by atoms with van der Waals surface area (Å²) >= 11 is 7.66. The fourth-order valence-corrected chi connectivity index (χ4v) is 4.96. The SMILES string of the molecule is C[C@@H]1CCCCN1C(=O)CSc1nc2ccccc2n1Cc1c(F)cccc1Cl.